The smallest absolute Gasteiger partial charge is 0.254 e. The second-order valence-electron chi connectivity index (χ2n) is 10.7. The van der Waals surface area contributed by atoms with E-state index in [9.17, 15) is 4.79 Å². The third-order valence-electron chi connectivity index (χ3n) is 5.08. The lowest BCUT2D eigenvalue weighted by Crippen LogP contribution is -2.27. The number of nitrogens with zero attached hydrogens (tertiary/aromatic N) is 5. The summed E-state index contributed by atoms with van der Waals surface area (Å²) in [5, 5.41) is 8.20. The molecule has 7 nitrogen and oxygen atoms in total. The minimum Gasteiger partial charge on any atom is -0.365 e. The first-order valence-electron chi connectivity index (χ1n) is 11.1. The summed E-state index contributed by atoms with van der Waals surface area (Å²) in [6, 6.07) is 13.6. The number of fused-ring (bicyclic) bond motifs is 1. The Morgan fingerprint density at radius 1 is 0.969 bits per heavy atom. The van der Waals surface area contributed by atoms with Gasteiger partial charge in [-0.3, -0.25) is 4.79 Å². The molecule has 1 aromatic carbocycles. The molecule has 1 aliphatic rings. The zero-order valence-electron chi connectivity index (χ0n) is 19.8. The lowest BCUT2D eigenvalue weighted by Gasteiger charge is -2.21. The first-order valence-corrected chi connectivity index (χ1v) is 11.1. The van der Waals surface area contributed by atoms with Crippen LogP contribution in [0.3, 0.4) is 0 Å². The van der Waals surface area contributed by atoms with Crippen LogP contribution in [-0.2, 0) is 19.6 Å². The van der Waals surface area contributed by atoms with Crippen LogP contribution in [0.15, 0.2) is 42.5 Å². The summed E-state index contributed by atoms with van der Waals surface area (Å²) in [5.74, 6) is 2.17. The second kappa shape index (κ2) is 8.04. The summed E-state index contributed by atoms with van der Waals surface area (Å²) < 4.78 is 1.93. The largest absolute Gasteiger partial charge is 0.365 e. The molecule has 4 rings (SSSR count). The molecular weight excluding hydrogens is 400 g/mol. The Labute approximate surface area is 189 Å². The third-order valence-corrected chi connectivity index (χ3v) is 5.08. The molecule has 3 aromatic rings. The molecule has 0 saturated heterocycles. The van der Waals surface area contributed by atoms with Crippen molar-refractivity contribution in [2.75, 3.05) is 5.32 Å². The van der Waals surface area contributed by atoms with Crippen molar-refractivity contribution in [2.24, 2.45) is 5.41 Å². The van der Waals surface area contributed by atoms with Crippen LogP contribution >= 0.6 is 0 Å². The third kappa shape index (κ3) is 4.98. The van der Waals surface area contributed by atoms with Crippen LogP contribution < -0.4 is 5.32 Å². The quantitative estimate of drug-likeness (QED) is 0.629. The summed E-state index contributed by atoms with van der Waals surface area (Å²) in [7, 11) is 0. The zero-order chi connectivity index (χ0) is 23.1. The van der Waals surface area contributed by atoms with Crippen molar-refractivity contribution in [3.63, 3.8) is 0 Å². The molecule has 1 amide bonds. The highest BCUT2D eigenvalue weighted by Crippen LogP contribution is 2.26. The fraction of sp³-hybridized carbons (Fsp3) is 0.440. The first kappa shape index (κ1) is 22.0. The Morgan fingerprint density at radius 3 is 2.41 bits per heavy atom. The minimum absolute atomic E-state index is 0.0147. The fourth-order valence-electron chi connectivity index (χ4n) is 3.80. The van der Waals surface area contributed by atoms with Crippen LogP contribution in [0.1, 0.15) is 63.3 Å². The van der Waals surface area contributed by atoms with Crippen molar-refractivity contribution in [2.45, 2.75) is 66.7 Å². The number of nitrogens with one attached hydrogen (secondary N) is 1. The number of hydrogen-bond acceptors (Lipinski definition) is 5. The first-order chi connectivity index (χ1) is 15.0. The van der Waals surface area contributed by atoms with E-state index in [0.717, 1.165) is 22.8 Å². The monoisotopic (exact) mass is 432 g/mol. The van der Waals surface area contributed by atoms with E-state index in [1.807, 2.05) is 52.0 Å². The predicted molar refractivity (Wildman–Crippen MR) is 126 cm³/mol. The summed E-state index contributed by atoms with van der Waals surface area (Å²) >= 11 is 0. The number of carbonyl (C=O) groups is 1. The molecule has 1 aliphatic heterocycles. The van der Waals surface area contributed by atoms with Crippen LogP contribution in [0.2, 0.25) is 0 Å². The highest BCUT2D eigenvalue weighted by Gasteiger charge is 2.29. The molecule has 0 atom stereocenters. The number of anilines is 1. The molecule has 0 spiro atoms. The van der Waals surface area contributed by atoms with Crippen molar-refractivity contribution >= 4 is 11.7 Å². The van der Waals surface area contributed by atoms with Gasteiger partial charge in [0, 0.05) is 24.2 Å². The van der Waals surface area contributed by atoms with Crippen LogP contribution in [0, 0.1) is 5.41 Å². The highest BCUT2D eigenvalue weighted by molar-refractivity contribution is 5.98. The Bertz CT molecular complexity index is 1140. The van der Waals surface area contributed by atoms with E-state index in [1.165, 1.54) is 0 Å². The van der Waals surface area contributed by atoms with Gasteiger partial charge in [0.25, 0.3) is 5.91 Å². The molecule has 7 heteroatoms. The maximum atomic E-state index is 12.9. The molecule has 32 heavy (non-hydrogen) atoms. The van der Waals surface area contributed by atoms with Crippen LogP contribution in [0.4, 0.5) is 5.82 Å². The summed E-state index contributed by atoms with van der Waals surface area (Å²) in [4.78, 5) is 24.3. The Morgan fingerprint density at radius 2 is 1.72 bits per heavy atom. The molecule has 0 unspecified atom stereocenters. The van der Waals surface area contributed by atoms with Gasteiger partial charge in [-0.1, -0.05) is 45.0 Å². The van der Waals surface area contributed by atoms with E-state index in [-0.39, 0.29) is 16.9 Å². The van der Waals surface area contributed by atoms with Gasteiger partial charge in [0.05, 0.1) is 6.54 Å². The van der Waals surface area contributed by atoms with Gasteiger partial charge in [-0.15, -0.1) is 5.10 Å². The van der Waals surface area contributed by atoms with E-state index in [0.29, 0.717) is 31.2 Å². The lowest BCUT2D eigenvalue weighted by molar-refractivity contribution is 0.0759. The van der Waals surface area contributed by atoms with E-state index in [1.54, 1.807) is 0 Å². The summed E-state index contributed by atoms with van der Waals surface area (Å²) in [6.07, 6.45) is 0. The number of aromatic nitrogens is 4. The Balaban J connectivity index is 1.65. The fourth-order valence-corrected chi connectivity index (χ4v) is 3.80. The van der Waals surface area contributed by atoms with Gasteiger partial charge in [-0.25, -0.2) is 14.6 Å². The van der Waals surface area contributed by atoms with E-state index in [2.05, 4.69) is 46.9 Å². The zero-order valence-corrected chi connectivity index (χ0v) is 19.8. The molecule has 0 aliphatic carbocycles. The van der Waals surface area contributed by atoms with Crippen molar-refractivity contribution in [3.05, 3.63) is 59.4 Å². The van der Waals surface area contributed by atoms with Crippen LogP contribution in [0.5, 0.6) is 0 Å². The van der Waals surface area contributed by atoms with E-state index < -0.39 is 0 Å². The van der Waals surface area contributed by atoms with Gasteiger partial charge in [-0.2, -0.15) is 0 Å². The normalized spacial score (nSPS) is 14.1. The number of amides is 1. The topological polar surface area (TPSA) is 75.9 Å². The molecule has 0 fully saturated rings. The van der Waals surface area contributed by atoms with E-state index in [4.69, 9.17) is 15.1 Å². The van der Waals surface area contributed by atoms with E-state index >= 15 is 0 Å². The average Bonchev–Trinajstić information content (AvgIpc) is 3.21. The maximum absolute atomic E-state index is 12.9. The number of rotatable bonds is 5. The molecule has 3 heterocycles. The molecule has 168 valence electrons. The predicted octanol–water partition coefficient (Wildman–Crippen LogP) is 4.75. The SMILES string of the molecule is CC(C)(C)Cn1nc(-c2cccc(NC(C)(C)C)n2)nc1CN1Cc2ccccc2C1=O. The number of carbonyl (C=O) groups excluding carboxylic acids is 1. The van der Waals surface area contributed by atoms with Gasteiger partial charge in [0.1, 0.15) is 17.3 Å². The Kier molecular flexibility index (Phi) is 5.53. The second-order valence-corrected chi connectivity index (χ2v) is 10.7. The standard InChI is InChI=1S/C25H32N6O/c1-24(2,3)16-31-21(15-30-14-17-10-7-8-11-18(17)23(30)32)27-22(29-31)19-12-9-13-20(26-19)28-25(4,5)6/h7-13H,14-16H2,1-6H3,(H,26,28). The molecule has 2 aromatic heterocycles. The van der Waals surface area contributed by atoms with Crippen molar-refractivity contribution in [1.82, 2.24) is 24.6 Å². The number of benzene rings is 1. The maximum Gasteiger partial charge on any atom is 0.254 e. The number of pyridine rings is 1. The molecular formula is C25H32N6O. The van der Waals surface area contributed by atoms with Gasteiger partial charge in [0.2, 0.25) is 0 Å². The van der Waals surface area contributed by atoms with Crippen molar-refractivity contribution in [3.8, 4) is 11.5 Å². The summed E-state index contributed by atoms with van der Waals surface area (Å²) in [5.41, 5.74) is 2.46. The summed E-state index contributed by atoms with van der Waals surface area (Å²) in [6.45, 7) is 14.5. The molecule has 0 bridgehead atoms. The molecule has 0 radical (unpaired) electrons. The van der Waals surface area contributed by atoms with Crippen molar-refractivity contribution in [1.29, 1.82) is 0 Å². The molecule has 0 saturated carbocycles. The van der Waals surface area contributed by atoms with Gasteiger partial charge >= 0.3 is 0 Å². The van der Waals surface area contributed by atoms with Crippen LogP contribution in [0.25, 0.3) is 11.5 Å². The minimum atomic E-state index is -0.0963. The van der Waals surface area contributed by atoms with Gasteiger partial charge in [-0.05, 0) is 49.9 Å². The van der Waals surface area contributed by atoms with Crippen molar-refractivity contribution < 1.29 is 4.79 Å². The molecule has 1 N–H and O–H groups in total. The Hall–Kier alpha value is -3.22. The number of hydrogen-bond donors (Lipinski definition) is 1. The average molecular weight is 433 g/mol. The van der Waals surface area contributed by atoms with Gasteiger partial charge < -0.3 is 10.2 Å². The lowest BCUT2D eigenvalue weighted by atomic mass is 9.97. The van der Waals surface area contributed by atoms with Crippen LogP contribution in [-0.4, -0.2) is 36.1 Å². The van der Waals surface area contributed by atoms with Gasteiger partial charge in [0.15, 0.2) is 5.82 Å². The highest BCUT2D eigenvalue weighted by atomic mass is 16.2.